The van der Waals surface area contributed by atoms with E-state index >= 15 is 0 Å². The number of rotatable bonds is 8. The molecule has 2 saturated heterocycles. The second kappa shape index (κ2) is 7.14. The van der Waals surface area contributed by atoms with Gasteiger partial charge < -0.3 is 15.0 Å². The number of hydrogen-bond acceptors (Lipinski definition) is 4. The minimum absolute atomic E-state index is 0.0905. The maximum atomic E-state index is 6.62. The van der Waals surface area contributed by atoms with E-state index in [2.05, 4.69) is 47.5 Å². The second-order valence-electron chi connectivity index (χ2n) is 7.92. The van der Waals surface area contributed by atoms with Crippen molar-refractivity contribution in [2.45, 2.75) is 76.0 Å². The van der Waals surface area contributed by atoms with Crippen molar-refractivity contribution in [3.8, 4) is 0 Å². The highest BCUT2D eigenvalue weighted by Crippen LogP contribution is 2.55. The SMILES string of the molecule is CC[C@]12CC[C@](CC)(C[C@@H](c3n[nH]cc3CN(C)CCNC)C1)O2. The van der Waals surface area contributed by atoms with E-state index in [4.69, 9.17) is 4.74 Å². The zero-order chi connectivity index (χ0) is 17.2. The number of hydrogen-bond donors (Lipinski definition) is 2. The van der Waals surface area contributed by atoms with Crippen LogP contribution in [0.4, 0.5) is 0 Å². The first-order valence-electron chi connectivity index (χ1n) is 9.61. The van der Waals surface area contributed by atoms with Crippen LogP contribution in [0.2, 0.25) is 0 Å². The van der Waals surface area contributed by atoms with Crippen LogP contribution in [-0.2, 0) is 11.3 Å². The molecule has 2 N–H and O–H groups in total. The van der Waals surface area contributed by atoms with Crippen LogP contribution in [0, 0.1) is 0 Å². The van der Waals surface area contributed by atoms with E-state index in [1.807, 2.05) is 7.05 Å². The molecule has 3 heterocycles. The highest BCUT2D eigenvalue weighted by Gasteiger charge is 2.54. The molecule has 2 aliphatic rings. The molecule has 0 spiro atoms. The molecular formula is C19H34N4O. The molecule has 5 nitrogen and oxygen atoms in total. The van der Waals surface area contributed by atoms with Crippen LogP contribution in [0.5, 0.6) is 0 Å². The second-order valence-corrected chi connectivity index (χ2v) is 7.92. The van der Waals surface area contributed by atoms with Gasteiger partial charge in [-0.15, -0.1) is 0 Å². The standard InChI is InChI=1S/C19H34N4O/c1-5-18-7-8-19(6-2,24-18)12-15(11-18)17-16(13-21-22-17)14-23(4)10-9-20-3/h13,15,20H,5-12,14H2,1-4H3,(H,21,22)/t15-,18-,19+. The lowest BCUT2D eigenvalue weighted by molar-refractivity contribution is -0.149. The van der Waals surface area contributed by atoms with Crippen molar-refractivity contribution in [3.05, 3.63) is 17.5 Å². The zero-order valence-corrected chi connectivity index (χ0v) is 15.8. The summed E-state index contributed by atoms with van der Waals surface area (Å²) in [5, 5.41) is 11.0. The van der Waals surface area contributed by atoms with Gasteiger partial charge in [-0.25, -0.2) is 0 Å². The van der Waals surface area contributed by atoms with Gasteiger partial charge in [0.15, 0.2) is 0 Å². The number of H-pyrrole nitrogens is 1. The van der Waals surface area contributed by atoms with Gasteiger partial charge in [0.25, 0.3) is 0 Å². The predicted molar refractivity (Wildman–Crippen MR) is 97.2 cm³/mol. The van der Waals surface area contributed by atoms with Crippen molar-refractivity contribution < 1.29 is 4.74 Å². The first kappa shape index (κ1) is 17.9. The maximum absolute atomic E-state index is 6.62. The minimum Gasteiger partial charge on any atom is -0.369 e. The van der Waals surface area contributed by atoms with Crippen molar-refractivity contribution in [1.82, 2.24) is 20.4 Å². The predicted octanol–water partition coefficient (Wildman–Crippen LogP) is 3.05. The summed E-state index contributed by atoms with van der Waals surface area (Å²) in [6.07, 6.45) is 9.03. The molecule has 0 saturated carbocycles. The van der Waals surface area contributed by atoms with Gasteiger partial charge >= 0.3 is 0 Å². The zero-order valence-electron chi connectivity index (χ0n) is 15.8. The van der Waals surface area contributed by atoms with E-state index in [1.54, 1.807) is 0 Å². The third-order valence-electron chi connectivity index (χ3n) is 6.32. The topological polar surface area (TPSA) is 53.2 Å². The first-order valence-corrected chi connectivity index (χ1v) is 9.61. The van der Waals surface area contributed by atoms with Crippen molar-refractivity contribution in [3.63, 3.8) is 0 Å². The molecule has 24 heavy (non-hydrogen) atoms. The van der Waals surface area contributed by atoms with Gasteiger partial charge in [0, 0.05) is 37.3 Å². The lowest BCUT2D eigenvalue weighted by Gasteiger charge is -2.43. The van der Waals surface area contributed by atoms with Crippen molar-refractivity contribution in [2.24, 2.45) is 0 Å². The van der Waals surface area contributed by atoms with Crippen molar-refractivity contribution in [1.29, 1.82) is 0 Å². The Hall–Kier alpha value is -0.910. The number of fused-ring (bicyclic) bond motifs is 2. The highest BCUT2D eigenvalue weighted by atomic mass is 16.5. The Morgan fingerprint density at radius 1 is 1.29 bits per heavy atom. The number of likely N-dealkylation sites (N-methyl/N-ethyl adjacent to an activating group) is 2. The maximum Gasteiger partial charge on any atom is 0.0700 e. The summed E-state index contributed by atoms with van der Waals surface area (Å²) in [5.41, 5.74) is 2.82. The first-order chi connectivity index (χ1) is 11.6. The molecule has 0 aromatic carbocycles. The number of nitrogens with zero attached hydrogens (tertiary/aromatic N) is 2. The van der Waals surface area contributed by atoms with Gasteiger partial charge in [0.1, 0.15) is 0 Å². The van der Waals surface area contributed by atoms with Gasteiger partial charge in [-0.1, -0.05) is 13.8 Å². The molecule has 136 valence electrons. The van der Waals surface area contributed by atoms with Crippen LogP contribution in [-0.4, -0.2) is 53.5 Å². The molecule has 0 aliphatic carbocycles. The Balaban J connectivity index is 1.76. The molecule has 0 unspecified atom stereocenters. The summed E-state index contributed by atoms with van der Waals surface area (Å²) in [5.74, 6) is 0.528. The van der Waals surface area contributed by atoms with Gasteiger partial charge in [-0.05, 0) is 52.6 Å². The van der Waals surface area contributed by atoms with E-state index in [1.165, 1.54) is 24.1 Å². The molecule has 0 radical (unpaired) electrons. The molecule has 1 aromatic rings. The summed E-state index contributed by atoms with van der Waals surface area (Å²) in [7, 11) is 4.19. The molecule has 3 atom stereocenters. The van der Waals surface area contributed by atoms with Crippen molar-refractivity contribution >= 4 is 0 Å². The number of nitrogens with one attached hydrogen (secondary N) is 2. The molecule has 2 fully saturated rings. The lowest BCUT2D eigenvalue weighted by Crippen LogP contribution is -2.43. The van der Waals surface area contributed by atoms with E-state index in [9.17, 15) is 0 Å². The Kier molecular flexibility index (Phi) is 5.33. The third kappa shape index (κ3) is 3.39. The average molecular weight is 335 g/mol. The molecule has 1 aromatic heterocycles. The van der Waals surface area contributed by atoms with Crippen LogP contribution in [0.15, 0.2) is 6.20 Å². The third-order valence-corrected chi connectivity index (χ3v) is 6.32. The summed E-state index contributed by atoms with van der Waals surface area (Å²) < 4.78 is 6.62. The Morgan fingerprint density at radius 2 is 1.96 bits per heavy atom. The molecule has 5 heteroatoms. The Morgan fingerprint density at radius 3 is 2.54 bits per heavy atom. The lowest BCUT2D eigenvalue weighted by atomic mass is 9.79. The van der Waals surface area contributed by atoms with Crippen LogP contribution < -0.4 is 5.32 Å². The number of ether oxygens (including phenoxy) is 1. The van der Waals surface area contributed by atoms with Gasteiger partial charge in [0.05, 0.1) is 16.9 Å². The summed E-state index contributed by atoms with van der Waals surface area (Å²) in [6, 6.07) is 0. The van der Waals surface area contributed by atoms with Crippen LogP contribution in [0.25, 0.3) is 0 Å². The van der Waals surface area contributed by atoms with E-state index in [-0.39, 0.29) is 11.2 Å². The summed E-state index contributed by atoms with van der Waals surface area (Å²) in [6.45, 7) is 7.59. The van der Waals surface area contributed by atoms with E-state index in [0.717, 1.165) is 45.3 Å². The Bertz CT molecular complexity index is 525. The summed E-state index contributed by atoms with van der Waals surface area (Å²) in [4.78, 5) is 2.37. The normalized spacial score (nSPS) is 32.6. The fourth-order valence-electron chi connectivity index (χ4n) is 4.73. The quantitative estimate of drug-likeness (QED) is 0.767. The average Bonchev–Trinajstić information content (AvgIpc) is 3.16. The van der Waals surface area contributed by atoms with Gasteiger partial charge in [-0.3, -0.25) is 5.10 Å². The number of aromatic nitrogens is 2. The summed E-state index contributed by atoms with van der Waals surface area (Å²) >= 11 is 0. The smallest absolute Gasteiger partial charge is 0.0700 e. The fourth-order valence-corrected chi connectivity index (χ4v) is 4.73. The van der Waals surface area contributed by atoms with Crippen LogP contribution in [0.1, 0.15) is 69.5 Å². The molecular weight excluding hydrogens is 300 g/mol. The van der Waals surface area contributed by atoms with Crippen LogP contribution in [0.3, 0.4) is 0 Å². The number of aromatic amines is 1. The van der Waals surface area contributed by atoms with Crippen LogP contribution >= 0.6 is 0 Å². The molecule has 0 amide bonds. The van der Waals surface area contributed by atoms with Crippen molar-refractivity contribution in [2.75, 3.05) is 27.2 Å². The molecule has 3 rings (SSSR count). The van der Waals surface area contributed by atoms with Gasteiger partial charge in [0.2, 0.25) is 0 Å². The highest BCUT2D eigenvalue weighted by molar-refractivity contribution is 5.24. The monoisotopic (exact) mass is 334 g/mol. The van der Waals surface area contributed by atoms with Gasteiger partial charge in [-0.2, -0.15) is 5.10 Å². The van der Waals surface area contributed by atoms with E-state index in [0.29, 0.717) is 5.92 Å². The molecule has 2 bridgehead atoms. The fraction of sp³-hybridized carbons (Fsp3) is 0.842. The molecule has 2 aliphatic heterocycles. The van der Waals surface area contributed by atoms with E-state index < -0.39 is 0 Å². The minimum atomic E-state index is 0.0905. The Labute approximate surface area is 146 Å². The largest absolute Gasteiger partial charge is 0.369 e.